The molecule has 0 aliphatic heterocycles. The van der Waals surface area contributed by atoms with Crippen LogP contribution in [0.1, 0.15) is 24.2 Å². The van der Waals surface area contributed by atoms with Crippen LogP contribution in [0.4, 0.5) is 10.5 Å². The number of amides is 2. The molecule has 1 aromatic rings. The summed E-state index contributed by atoms with van der Waals surface area (Å²) >= 11 is 0. The van der Waals surface area contributed by atoms with Crippen molar-refractivity contribution >= 4 is 17.7 Å². The van der Waals surface area contributed by atoms with Crippen molar-refractivity contribution in [2.45, 2.75) is 13.8 Å². The van der Waals surface area contributed by atoms with Gasteiger partial charge in [0.05, 0.1) is 12.7 Å². The van der Waals surface area contributed by atoms with E-state index in [0.717, 1.165) is 19.6 Å². The third-order valence-electron chi connectivity index (χ3n) is 3.15. The Morgan fingerprint density at radius 2 is 1.95 bits per heavy atom. The maximum Gasteiger partial charge on any atom is 0.337 e. The number of hydrogen-bond acceptors (Lipinski definition) is 4. The predicted molar refractivity (Wildman–Crippen MR) is 82.6 cm³/mol. The van der Waals surface area contributed by atoms with Gasteiger partial charge in [0.1, 0.15) is 0 Å². The maximum absolute atomic E-state index is 11.8. The number of anilines is 1. The first-order chi connectivity index (χ1) is 10.1. The molecule has 0 aliphatic carbocycles. The van der Waals surface area contributed by atoms with Gasteiger partial charge in [0.25, 0.3) is 0 Å². The molecule has 0 atom stereocenters. The smallest absolute Gasteiger partial charge is 0.337 e. The first kappa shape index (κ1) is 17.0. The van der Waals surface area contributed by atoms with Crippen molar-refractivity contribution in [1.29, 1.82) is 0 Å². The lowest BCUT2D eigenvalue weighted by Gasteiger charge is -2.18. The van der Waals surface area contributed by atoms with E-state index < -0.39 is 5.97 Å². The van der Waals surface area contributed by atoms with E-state index >= 15 is 0 Å². The number of hydrogen-bond donors (Lipinski definition) is 2. The summed E-state index contributed by atoms with van der Waals surface area (Å²) in [5.74, 6) is -0.430. The monoisotopic (exact) mass is 293 g/mol. The van der Waals surface area contributed by atoms with E-state index in [0.29, 0.717) is 17.8 Å². The van der Waals surface area contributed by atoms with Crippen LogP contribution in [0.3, 0.4) is 0 Å². The van der Waals surface area contributed by atoms with E-state index in [1.165, 1.54) is 7.11 Å². The summed E-state index contributed by atoms with van der Waals surface area (Å²) in [7, 11) is 1.32. The van der Waals surface area contributed by atoms with Crippen LogP contribution in [0.25, 0.3) is 0 Å². The van der Waals surface area contributed by atoms with Crippen molar-refractivity contribution in [1.82, 2.24) is 10.2 Å². The van der Waals surface area contributed by atoms with Crippen LogP contribution < -0.4 is 10.6 Å². The minimum atomic E-state index is -0.430. The Kier molecular flexibility index (Phi) is 7.25. The molecule has 1 rings (SSSR count). The van der Waals surface area contributed by atoms with Crippen LogP contribution in [-0.2, 0) is 4.74 Å². The molecule has 0 fully saturated rings. The minimum absolute atomic E-state index is 0.288. The number of ether oxygens (including phenoxy) is 1. The number of benzene rings is 1. The second-order valence-electron chi connectivity index (χ2n) is 4.48. The highest BCUT2D eigenvalue weighted by molar-refractivity contribution is 5.93. The zero-order valence-corrected chi connectivity index (χ0v) is 12.8. The number of rotatable bonds is 7. The van der Waals surface area contributed by atoms with Crippen LogP contribution in [-0.4, -0.2) is 50.2 Å². The normalized spacial score (nSPS) is 10.3. The Morgan fingerprint density at radius 1 is 1.24 bits per heavy atom. The second-order valence-corrected chi connectivity index (χ2v) is 4.48. The Balaban J connectivity index is 2.46. The minimum Gasteiger partial charge on any atom is -0.465 e. The Hall–Kier alpha value is -2.08. The number of nitrogens with one attached hydrogen (secondary N) is 2. The molecule has 0 saturated carbocycles. The third kappa shape index (κ3) is 5.83. The van der Waals surface area contributed by atoms with Gasteiger partial charge in [-0.05, 0) is 31.3 Å². The van der Waals surface area contributed by atoms with E-state index in [9.17, 15) is 9.59 Å². The van der Waals surface area contributed by atoms with E-state index in [-0.39, 0.29) is 6.03 Å². The molecular formula is C15H23N3O3. The summed E-state index contributed by atoms with van der Waals surface area (Å²) in [5, 5.41) is 5.48. The number of urea groups is 1. The van der Waals surface area contributed by atoms with Gasteiger partial charge in [0, 0.05) is 18.8 Å². The standard InChI is InChI=1S/C15H23N3O3/c1-4-18(5-2)10-9-16-15(20)17-13-8-6-7-12(11-13)14(19)21-3/h6-8,11H,4-5,9-10H2,1-3H3,(H2,16,17,20). The first-order valence-corrected chi connectivity index (χ1v) is 7.06. The average molecular weight is 293 g/mol. The zero-order valence-electron chi connectivity index (χ0n) is 12.8. The van der Waals surface area contributed by atoms with Crippen molar-refractivity contribution in [3.8, 4) is 0 Å². The molecule has 0 saturated heterocycles. The molecule has 0 spiro atoms. The van der Waals surface area contributed by atoms with Crippen LogP contribution in [0.15, 0.2) is 24.3 Å². The van der Waals surface area contributed by atoms with Gasteiger partial charge >= 0.3 is 12.0 Å². The fourth-order valence-electron chi connectivity index (χ4n) is 1.88. The molecule has 116 valence electrons. The number of likely N-dealkylation sites (N-methyl/N-ethyl adjacent to an activating group) is 1. The Labute approximate surface area is 125 Å². The summed E-state index contributed by atoms with van der Waals surface area (Å²) in [6.07, 6.45) is 0. The molecule has 0 bridgehead atoms. The number of esters is 1. The third-order valence-corrected chi connectivity index (χ3v) is 3.15. The molecule has 0 radical (unpaired) electrons. The maximum atomic E-state index is 11.8. The van der Waals surface area contributed by atoms with Gasteiger partial charge in [-0.1, -0.05) is 19.9 Å². The molecule has 1 aromatic carbocycles. The Morgan fingerprint density at radius 3 is 2.57 bits per heavy atom. The zero-order chi connectivity index (χ0) is 15.7. The SMILES string of the molecule is CCN(CC)CCNC(=O)Nc1cccc(C(=O)OC)c1. The fourth-order valence-corrected chi connectivity index (χ4v) is 1.88. The van der Waals surface area contributed by atoms with E-state index in [2.05, 4.69) is 34.1 Å². The molecule has 6 nitrogen and oxygen atoms in total. The van der Waals surface area contributed by atoms with Crippen molar-refractivity contribution in [3.63, 3.8) is 0 Å². The number of carbonyl (C=O) groups is 2. The predicted octanol–water partition coefficient (Wildman–Crippen LogP) is 1.94. The second kappa shape index (κ2) is 8.97. The lowest BCUT2D eigenvalue weighted by atomic mass is 10.2. The van der Waals surface area contributed by atoms with E-state index in [1.54, 1.807) is 24.3 Å². The van der Waals surface area contributed by atoms with E-state index in [1.807, 2.05) is 0 Å². The van der Waals surface area contributed by atoms with Crippen molar-refractivity contribution < 1.29 is 14.3 Å². The van der Waals surface area contributed by atoms with Crippen LogP contribution in [0.5, 0.6) is 0 Å². The summed E-state index contributed by atoms with van der Waals surface area (Å²) in [6, 6.07) is 6.34. The molecule has 2 amide bonds. The molecule has 21 heavy (non-hydrogen) atoms. The highest BCUT2D eigenvalue weighted by Gasteiger charge is 2.07. The number of methoxy groups -OCH3 is 1. The van der Waals surface area contributed by atoms with Gasteiger partial charge < -0.3 is 20.3 Å². The molecule has 0 aliphatic rings. The van der Waals surface area contributed by atoms with Gasteiger partial charge in [-0.15, -0.1) is 0 Å². The average Bonchev–Trinajstić information content (AvgIpc) is 2.51. The van der Waals surface area contributed by atoms with Gasteiger partial charge in [-0.3, -0.25) is 0 Å². The molecule has 2 N–H and O–H groups in total. The quantitative estimate of drug-likeness (QED) is 0.754. The molecule has 0 heterocycles. The molecule has 6 heteroatoms. The van der Waals surface area contributed by atoms with Crippen LogP contribution >= 0.6 is 0 Å². The lowest BCUT2D eigenvalue weighted by Crippen LogP contribution is -2.36. The number of carbonyl (C=O) groups excluding carboxylic acids is 2. The highest BCUT2D eigenvalue weighted by Crippen LogP contribution is 2.11. The summed E-state index contributed by atoms with van der Waals surface area (Å²) in [5.41, 5.74) is 0.955. The van der Waals surface area contributed by atoms with Gasteiger partial charge in [0.15, 0.2) is 0 Å². The first-order valence-electron chi connectivity index (χ1n) is 7.06. The van der Waals surface area contributed by atoms with Gasteiger partial charge in [-0.25, -0.2) is 9.59 Å². The largest absolute Gasteiger partial charge is 0.465 e. The van der Waals surface area contributed by atoms with Gasteiger partial charge in [0.2, 0.25) is 0 Å². The van der Waals surface area contributed by atoms with Crippen molar-refractivity contribution in [2.24, 2.45) is 0 Å². The van der Waals surface area contributed by atoms with Crippen LogP contribution in [0, 0.1) is 0 Å². The lowest BCUT2D eigenvalue weighted by molar-refractivity contribution is 0.0600. The van der Waals surface area contributed by atoms with Crippen molar-refractivity contribution in [2.75, 3.05) is 38.6 Å². The molecular weight excluding hydrogens is 270 g/mol. The highest BCUT2D eigenvalue weighted by atomic mass is 16.5. The van der Waals surface area contributed by atoms with Crippen molar-refractivity contribution in [3.05, 3.63) is 29.8 Å². The van der Waals surface area contributed by atoms with Crippen LogP contribution in [0.2, 0.25) is 0 Å². The molecule has 0 unspecified atom stereocenters. The topological polar surface area (TPSA) is 70.7 Å². The fraction of sp³-hybridized carbons (Fsp3) is 0.467. The summed E-state index contributed by atoms with van der Waals surface area (Å²) < 4.78 is 4.64. The molecule has 0 aromatic heterocycles. The van der Waals surface area contributed by atoms with Gasteiger partial charge in [-0.2, -0.15) is 0 Å². The number of nitrogens with zero attached hydrogens (tertiary/aromatic N) is 1. The van der Waals surface area contributed by atoms with E-state index in [4.69, 9.17) is 0 Å². The summed E-state index contributed by atoms with van der Waals surface area (Å²) in [4.78, 5) is 25.4. The Bertz CT molecular complexity index is 473. The summed E-state index contributed by atoms with van der Waals surface area (Å²) in [6.45, 7) is 7.47.